The first-order valence-electron chi connectivity index (χ1n) is 9.19. The molecule has 26 heavy (non-hydrogen) atoms. The molecule has 4 N–H and O–H groups in total. The highest BCUT2D eigenvalue weighted by Gasteiger charge is 2.34. The van der Waals surface area contributed by atoms with E-state index < -0.39 is 0 Å². The number of nitrogens with one attached hydrogen (secondary N) is 3. The van der Waals surface area contributed by atoms with Crippen LogP contribution in [0.25, 0.3) is 0 Å². The van der Waals surface area contributed by atoms with Crippen molar-refractivity contribution >= 4 is 11.9 Å². The topological polar surface area (TPSA) is 95.0 Å². The molecule has 1 amide bonds. The maximum absolute atomic E-state index is 12.0. The monoisotopic (exact) mass is 362 g/mol. The minimum Gasteiger partial charge on any atom is -0.396 e. The Morgan fingerprint density at radius 3 is 2.73 bits per heavy atom. The smallest absolute Gasteiger partial charge is 0.242 e. The Balaban J connectivity index is 1.82. The van der Waals surface area contributed by atoms with E-state index in [4.69, 9.17) is 4.74 Å². The molecule has 0 spiro atoms. The molecule has 1 saturated heterocycles. The van der Waals surface area contributed by atoms with Crippen molar-refractivity contribution in [3.05, 3.63) is 35.9 Å². The Bertz CT molecular complexity index is 571. The Morgan fingerprint density at radius 2 is 2.08 bits per heavy atom. The molecule has 1 atom stereocenters. The van der Waals surface area contributed by atoms with Gasteiger partial charge in [0.25, 0.3) is 0 Å². The van der Waals surface area contributed by atoms with Crippen LogP contribution in [0, 0.1) is 5.41 Å². The van der Waals surface area contributed by atoms with Crippen LogP contribution in [-0.2, 0) is 16.1 Å². The fourth-order valence-electron chi connectivity index (χ4n) is 2.93. The second-order valence-electron chi connectivity index (χ2n) is 6.59. The third kappa shape index (κ3) is 6.65. The number of aliphatic hydroxyl groups excluding tert-OH is 1. The summed E-state index contributed by atoms with van der Waals surface area (Å²) >= 11 is 0. The Kier molecular flexibility index (Phi) is 8.37. The fourth-order valence-corrected chi connectivity index (χ4v) is 2.93. The van der Waals surface area contributed by atoms with E-state index in [0.717, 1.165) is 18.6 Å². The van der Waals surface area contributed by atoms with Crippen molar-refractivity contribution in [2.75, 3.05) is 39.5 Å². The molecule has 0 bridgehead atoms. The van der Waals surface area contributed by atoms with Crippen LogP contribution in [0.15, 0.2) is 35.3 Å². The minimum absolute atomic E-state index is 0.0612. The lowest BCUT2D eigenvalue weighted by Crippen LogP contribution is -2.45. The molecule has 0 aromatic heterocycles. The van der Waals surface area contributed by atoms with Gasteiger partial charge in [-0.15, -0.1) is 0 Å². The third-order valence-corrected chi connectivity index (χ3v) is 4.52. The summed E-state index contributed by atoms with van der Waals surface area (Å²) in [5.41, 5.74) is 0.989. The molecule has 7 heteroatoms. The van der Waals surface area contributed by atoms with E-state index in [-0.39, 0.29) is 24.5 Å². The highest BCUT2D eigenvalue weighted by Crippen LogP contribution is 2.31. The van der Waals surface area contributed by atoms with Gasteiger partial charge in [-0.05, 0) is 25.3 Å². The minimum atomic E-state index is -0.125. The Hall–Kier alpha value is -2.12. The normalized spacial score (nSPS) is 20.0. The molecule has 1 aliphatic heterocycles. The maximum Gasteiger partial charge on any atom is 0.242 e. The van der Waals surface area contributed by atoms with Crippen molar-refractivity contribution in [1.29, 1.82) is 0 Å². The summed E-state index contributed by atoms with van der Waals surface area (Å²) < 4.78 is 5.50. The van der Waals surface area contributed by atoms with Crippen LogP contribution in [0.2, 0.25) is 0 Å². The molecule has 7 nitrogen and oxygen atoms in total. The number of nitrogens with zero attached hydrogens (tertiary/aromatic N) is 1. The van der Waals surface area contributed by atoms with E-state index in [9.17, 15) is 9.90 Å². The zero-order valence-corrected chi connectivity index (χ0v) is 15.5. The number of carbonyl (C=O) groups is 1. The van der Waals surface area contributed by atoms with Crippen molar-refractivity contribution in [3.63, 3.8) is 0 Å². The molecule has 144 valence electrons. The maximum atomic E-state index is 12.0. The molecule has 1 fully saturated rings. The van der Waals surface area contributed by atoms with Crippen LogP contribution >= 0.6 is 0 Å². The van der Waals surface area contributed by atoms with Crippen molar-refractivity contribution in [2.45, 2.75) is 26.3 Å². The van der Waals surface area contributed by atoms with Gasteiger partial charge in [-0.1, -0.05) is 30.3 Å². The van der Waals surface area contributed by atoms with Crippen LogP contribution in [0.5, 0.6) is 0 Å². The van der Waals surface area contributed by atoms with E-state index in [1.165, 1.54) is 0 Å². The standard InChI is InChI=1S/C19H30N4O3/c1-2-20-18(23-14-19(8-10-24)9-11-26-15-19)22-13-17(25)21-12-16-6-4-3-5-7-16/h3-7,24H,2,8-15H2,1H3,(H,21,25)(H2,20,22,23). The summed E-state index contributed by atoms with van der Waals surface area (Å²) in [5, 5.41) is 18.6. The van der Waals surface area contributed by atoms with E-state index in [1.807, 2.05) is 37.3 Å². The molecule has 1 unspecified atom stereocenters. The number of benzene rings is 1. The van der Waals surface area contributed by atoms with Crippen LogP contribution < -0.4 is 16.0 Å². The lowest BCUT2D eigenvalue weighted by molar-refractivity contribution is -0.119. The molecule has 0 saturated carbocycles. The molecule has 0 radical (unpaired) electrons. The highest BCUT2D eigenvalue weighted by atomic mass is 16.5. The highest BCUT2D eigenvalue weighted by molar-refractivity contribution is 5.84. The molecule has 1 heterocycles. The fraction of sp³-hybridized carbons (Fsp3) is 0.579. The number of carbonyl (C=O) groups excluding carboxylic acids is 1. The number of hydrogen-bond acceptors (Lipinski definition) is 4. The van der Waals surface area contributed by atoms with Gasteiger partial charge in [-0.25, -0.2) is 4.99 Å². The average molecular weight is 362 g/mol. The number of aliphatic hydroxyl groups is 1. The Morgan fingerprint density at radius 1 is 1.27 bits per heavy atom. The van der Waals surface area contributed by atoms with Crippen molar-refractivity contribution in [1.82, 2.24) is 16.0 Å². The van der Waals surface area contributed by atoms with Gasteiger partial charge in [0, 0.05) is 38.3 Å². The largest absolute Gasteiger partial charge is 0.396 e. The van der Waals surface area contributed by atoms with Crippen LogP contribution in [0.4, 0.5) is 0 Å². The molecule has 2 rings (SSSR count). The van der Waals surface area contributed by atoms with Gasteiger partial charge in [0.1, 0.15) is 6.54 Å². The summed E-state index contributed by atoms with van der Waals surface area (Å²) in [6.07, 6.45) is 1.61. The second kappa shape index (κ2) is 10.8. The number of guanidine groups is 1. The second-order valence-corrected chi connectivity index (χ2v) is 6.59. The van der Waals surface area contributed by atoms with Crippen LogP contribution in [-0.4, -0.2) is 56.4 Å². The van der Waals surface area contributed by atoms with E-state index in [1.54, 1.807) is 0 Å². The van der Waals surface area contributed by atoms with Gasteiger partial charge in [-0.3, -0.25) is 4.79 Å². The summed E-state index contributed by atoms with van der Waals surface area (Å²) in [6, 6.07) is 9.78. The quantitative estimate of drug-likeness (QED) is 0.382. The molecule has 0 aliphatic carbocycles. The van der Waals surface area contributed by atoms with Gasteiger partial charge < -0.3 is 25.8 Å². The molecule has 1 aliphatic rings. The SMILES string of the molecule is CCNC(=NCC(=O)NCc1ccccc1)NCC1(CCO)CCOC1. The summed E-state index contributed by atoms with van der Waals surface area (Å²) in [7, 11) is 0. The zero-order chi connectivity index (χ0) is 18.7. The number of ether oxygens (including phenoxy) is 1. The molecular weight excluding hydrogens is 332 g/mol. The summed E-state index contributed by atoms with van der Waals surface area (Å²) in [5.74, 6) is 0.479. The predicted octanol–water partition coefficient (Wildman–Crippen LogP) is 0.647. The first kappa shape index (κ1) is 20.2. The van der Waals surface area contributed by atoms with Crippen molar-refractivity contribution in [3.8, 4) is 0 Å². The predicted molar refractivity (Wildman–Crippen MR) is 102 cm³/mol. The lowest BCUT2D eigenvalue weighted by Gasteiger charge is -2.27. The number of rotatable bonds is 9. The number of hydrogen-bond donors (Lipinski definition) is 4. The van der Waals surface area contributed by atoms with Gasteiger partial charge in [-0.2, -0.15) is 0 Å². The third-order valence-electron chi connectivity index (χ3n) is 4.52. The molecule has 1 aromatic carbocycles. The van der Waals surface area contributed by atoms with E-state index >= 15 is 0 Å². The summed E-state index contributed by atoms with van der Waals surface area (Å²) in [6.45, 7) is 5.40. The average Bonchev–Trinajstić information content (AvgIpc) is 3.12. The zero-order valence-electron chi connectivity index (χ0n) is 15.5. The summed E-state index contributed by atoms with van der Waals surface area (Å²) in [4.78, 5) is 16.4. The van der Waals surface area contributed by atoms with Crippen LogP contribution in [0.1, 0.15) is 25.3 Å². The lowest BCUT2D eigenvalue weighted by atomic mass is 9.84. The van der Waals surface area contributed by atoms with Crippen molar-refractivity contribution < 1.29 is 14.6 Å². The van der Waals surface area contributed by atoms with E-state index in [0.29, 0.717) is 38.6 Å². The van der Waals surface area contributed by atoms with Crippen molar-refractivity contribution in [2.24, 2.45) is 10.4 Å². The number of amides is 1. The first-order valence-corrected chi connectivity index (χ1v) is 9.19. The van der Waals surface area contributed by atoms with E-state index in [2.05, 4.69) is 20.9 Å². The van der Waals surface area contributed by atoms with Gasteiger partial charge in [0.2, 0.25) is 5.91 Å². The number of aliphatic imine (C=N–C) groups is 1. The first-order chi connectivity index (χ1) is 12.7. The molecule has 1 aromatic rings. The van der Waals surface area contributed by atoms with Crippen LogP contribution in [0.3, 0.4) is 0 Å². The van der Waals surface area contributed by atoms with Gasteiger partial charge in [0.05, 0.1) is 6.61 Å². The molecular formula is C19H30N4O3. The Labute approximate surface area is 155 Å². The van der Waals surface area contributed by atoms with Gasteiger partial charge >= 0.3 is 0 Å². The van der Waals surface area contributed by atoms with Gasteiger partial charge in [0.15, 0.2) is 5.96 Å².